The molecule has 1 unspecified atom stereocenters. The van der Waals surface area contributed by atoms with E-state index in [9.17, 15) is 0 Å². The van der Waals surface area contributed by atoms with E-state index in [1.54, 1.807) is 6.33 Å². The Bertz CT molecular complexity index is 405. The fourth-order valence-electron chi connectivity index (χ4n) is 2.18. The molecule has 1 saturated heterocycles. The number of nitrogens with one attached hydrogen (secondary N) is 1. The van der Waals surface area contributed by atoms with Crippen molar-refractivity contribution in [3.63, 3.8) is 0 Å². The third kappa shape index (κ3) is 3.40. The Morgan fingerprint density at radius 1 is 1.67 bits per heavy atom. The number of ether oxygens (including phenoxy) is 1. The summed E-state index contributed by atoms with van der Waals surface area (Å²) in [5, 5.41) is 7.69. The fourth-order valence-corrected chi connectivity index (χ4v) is 2.18. The van der Waals surface area contributed by atoms with Crippen molar-refractivity contribution in [3.05, 3.63) is 17.7 Å². The van der Waals surface area contributed by atoms with Gasteiger partial charge < -0.3 is 10.1 Å². The smallest absolute Gasteiger partial charge is 0.150 e. The molecule has 5 heteroatoms. The van der Waals surface area contributed by atoms with Gasteiger partial charge in [0.15, 0.2) is 5.82 Å². The van der Waals surface area contributed by atoms with Gasteiger partial charge in [0.25, 0.3) is 0 Å². The van der Waals surface area contributed by atoms with Crippen molar-refractivity contribution in [2.24, 2.45) is 0 Å². The van der Waals surface area contributed by atoms with Crippen LogP contribution in [0.15, 0.2) is 11.9 Å². The molecule has 1 aromatic rings. The van der Waals surface area contributed by atoms with Crippen LogP contribution in [-0.2, 0) is 4.74 Å². The minimum absolute atomic E-state index is 0.336. The average Bonchev–Trinajstić information content (AvgIpc) is 2.78. The highest BCUT2D eigenvalue weighted by Gasteiger charge is 2.13. The molecule has 1 atom stereocenters. The molecule has 0 aliphatic carbocycles. The monoisotopic (exact) mass is 250 g/mol. The number of rotatable bonds is 4. The van der Waals surface area contributed by atoms with Crippen LogP contribution in [-0.4, -0.2) is 40.6 Å². The van der Waals surface area contributed by atoms with Crippen molar-refractivity contribution in [1.82, 2.24) is 20.1 Å². The zero-order valence-electron chi connectivity index (χ0n) is 11.4. The van der Waals surface area contributed by atoms with Crippen molar-refractivity contribution in [3.8, 4) is 0 Å². The van der Waals surface area contributed by atoms with E-state index in [0.29, 0.717) is 12.1 Å². The maximum absolute atomic E-state index is 5.46. The quantitative estimate of drug-likeness (QED) is 0.882. The van der Waals surface area contributed by atoms with Crippen molar-refractivity contribution in [2.45, 2.75) is 39.3 Å². The van der Waals surface area contributed by atoms with Gasteiger partial charge in [-0.05, 0) is 33.3 Å². The molecule has 0 radical (unpaired) electrons. The second-order valence-corrected chi connectivity index (χ2v) is 5.08. The summed E-state index contributed by atoms with van der Waals surface area (Å²) in [5.74, 6) is 0.930. The third-order valence-corrected chi connectivity index (χ3v) is 3.03. The van der Waals surface area contributed by atoms with Gasteiger partial charge in [-0.2, -0.15) is 5.10 Å². The zero-order valence-corrected chi connectivity index (χ0v) is 11.4. The molecule has 18 heavy (non-hydrogen) atoms. The number of morpholine rings is 1. The van der Waals surface area contributed by atoms with E-state index in [1.165, 1.54) is 5.57 Å². The highest BCUT2D eigenvalue weighted by atomic mass is 16.5. The summed E-state index contributed by atoms with van der Waals surface area (Å²) in [6.45, 7) is 8.91. The first kappa shape index (κ1) is 13.2. The van der Waals surface area contributed by atoms with Crippen LogP contribution in [0.1, 0.15) is 39.1 Å². The van der Waals surface area contributed by atoms with E-state index >= 15 is 0 Å². The summed E-state index contributed by atoms with van der Waals surface area (Å²) in [6.07, 6.45) is 4.72. The molecule has 1 aliphatic heterocycles. The Labute approximate surface area is 108 Å². The zero-order chi connectivity index (χ0) is 13.0. The van der Waals surface area contributed by atoms with Crippen LogP contribution in [0.3, 0.4) is 0 Å². The summed E-state index contributed by atoms with van der Waals surface area (Å²) in [6, 6.07) is 0.758. The van der Waals surface area contributed by atoms with Gasteiger partial charge in [-0.25, -0.2) is 9.67 Å². The van der Waals surface area contributed by atoms with Gasteiger partial charge in [-0.15, -0.1) is 0 Å². The number of hydrogen-bond donors (Lipinski definition) is 1. The first-order valence-corrected chi connectivity index (χ1v) is 6.54. The molecule has 5 nitrogen and oxygen atoms in total. The lowest BCUT2D eigenvalue weighted by Crippen LogP contribution is -2.41. The maximum atomic E-state index is 5.46. The highest BCUT2D eigenvalue weighted by Crippen LogP contribution is 2.13. The molecule has 0 bridgehead atoms. The SMILES string of the molecule is C/C(=C/c1ncnn1C(C)C)CC1COCCN1. The lowest BCUT2D eigenvalue weighted by atomic mass is 10.1. The molecule has 0 aromatic carbocycles. The van der Waals surface area contributed by atoms with Gasteiger partial charge in [0.2, 0.25) is 0 Å². The molecule has 0 spiro atoms. The number of hydrogen-bond acceptors (Lipinski definition) is 4. The predicted octanol–water partition coefficient (Wildman–Crippen LogP) is 1.64. The highest BCUT2D eigenvalue weighted by molar-refractivity contribution is 5.44. The first-order chi connectivity index (χ1) is 8.66. The van der Waals surface area contributed by atoms with Crippen LogP contribution in [0.5, 0.6) is 0 Å². The van der Waals surface area contributed by atoms with Gasteiger partial charge in [-0.1, -0.05) is 5.57 Å². The van der Waals surface area contributed by atoms with Gasteiger partial charge in [0.1, 0.15) is 6.33 Å². The lowest BCUT2D eigenvalue weighted by Gasteiger charge is -2.24. The molecule has 1 N–H and O–H groups in total. The van der Waals surface area contributed by atoms with Crippen molar-refractivity contribution in [2.75, 3.05) is 19.8 Å². The largest absolute Gasteiger partial charge is 0.379 e. The summed E-state index contributed by atoms with van der Waals surface area (Å²) < 4.78 is 7.40. The normalized spacial score (nSPS) is 21.6. The van der Waals surface area contributed by atoms with Gasteiger partial charge in [0, 0.05) is 18.6 Å². The molecule has 1 fully saturated rings. The van der Waals surface area contributed by atoms with Crippen LogP contribution in [0.4, 0.5) is 0 Å². The topological polar surface area (TPSA) is 52.0 Å². The summed E-state index contributed by atoms with van der Waals surface area (Å²) in [5.41, 5.74) is 1.30. The van der Waals surface area contributed by atoms with E-state index < -0.39 is 0 Å². The van der Waals surface area contributed by atoms with Gasteiger partial charge in [-0.3, -0.25) is 0 Å². The summed E-state index contributed by atoms with van der Waals surface area (Å²) >= 11 is 0. The van der Waals surface area contributed by atoms with E-state index in [-0.39, 0.29) is 0 Å². The maximum Gasteiger partial charge on any atom is 0.150 e. The van der Waals surface area contributed by atoms with E-state index in [4.69, 9.17) is 4.74 Å². The third-order valence-electron chi connectivity index (χ3n) is 3.03. The van der Waals surface area contributed by atoms with Crippen LogP contribution >= 0.6 is 0 Å². The van der Waals surface area contributed by atoms with Gasteiger partial charge in [0.05, 0.1) is 13.2 Å². The number of aromatic nitrogens is 3. The van der Waals surface area contributed by atoms with Crippen LogP contribution in [0, 0.1) is 0 Å². The molecule has 0 saturated carbocycles. The molecule has 100 valence electrons. The van der Waals surface area contributed by atoms with E-state index in [2.05, 4.69) is 42.2 Å². The molecule has 2 rings (SSSR count). The van der Waals surface area contributed by atoms with Crippen LogP contribution < -0.4 is 5.32 Å². The Balaban J connectivity index is 2.00. The lowest BCUT2D eigenvalue weighted by molar-refractivity contribution is 0.0771. The van der Waals surface area contributed by atoms with Crippen molar-refractivity contribution < 1.29 is 4.74 Å². The summed E-state index contributed by atoms with van der Waals surface area (Å²) in [4.78, 5) is 4.29. The Morgan fingerprint density at radius 2 is 2.50 bits per heavy atom. The standard InChI is InChI=1S/C13H22N4O/c1-10(2)17-13(15-9-16-17)7-11(3)6-12-8-18-5-4-14-12/h7,9-10,12,14H,4-6,8H2,1-3H3/b11-7-. The van der Waals surface area contributed by atoms with Crippen molar-refractivity contribution >= 4 is 6.08 Å². The van der Waals surface area contributed by atoms with Crippen LogP contribution in [0.25, 0.3) is 6.08 Å². The minimum atomic E-state index is 0.336. The van der Waals surface area contributed by atoms with E-state index in [0.717, 1.165) is 32.0 Å². The Kier molecular flexibility index (Phi) is 4.49. The molecule has 0 amide bonds. The van der Waals surface area contributed by atoms with Crippen molar-refractivity contribution in [1.29, 1.82) is 0 Å². The minimum Gasteiger partial charge on any atom is -0.379 e. The second-order valence-electron chi connectivity index (χ2n) is 5.08. The van der Waals surface area contributed by atoms with E-state index in [1.807, 2.05) is 4.68 Å². The molecular formula is C13H22N4O. The fraction of sp³-hybridized carbons (Fsp3) is 0.692. The second kappa shape index (κ2) is 6.11. The molecule has 1 aromatic heterocycles. The summed E-state index contributed by atoms with van der Waals surface area (Å²) in [7, 11) is 0. The Morgan fingerprint density at radius 3 is 3.17 bits per heavy atom. The first-order valence-electron chi connectivity index (χ1n) is 6.54. The average molecular weight is 250 g/mol. The Hall–Kier alpha value is -1.20. The number of nitrogens with zero attached hydrogens (tertiary/aromatic N) is 3. The molecule has 2 heterocycles. The van der Waals surface area contributed by atoms with Crippen LogP contribution in [0.2, 0.25) is 0 Å². The molecule has 1 aliphatic rings. The molecular weight excluding hydrogens is 228 g/mol. The predicted molar refractivity (Wildman–Crippen MR) is 71.3 cm³/mol. The van der Waals surface area contributed by atoms with Gasteiger partial charge >= 0.3 is 0 Å².